The second-order valence-corrected chi connectivity index (χ2v) is 6.53. The smallest absolute Gasteiger partial charge is 0.222 e. The molecule has 142 valence electrons. The summed E-state index contributed by atoms with van der Waals surface area (Å²) in [7, 11) is 3.52. The topological polar surface area (TPSA) is 74.0 Å². The molecule has 2 aromatic heterocycles. The van der Waals surface area contributed by atoms with E-state index in [2.05, 4.69) is 15.4 Å². The van der Waals surface area contributed by atoms with Crippen molar-refractivity contribution in [1.82, 2.24) is 24.6 Å². The van der Waals surface area contributed by atoms with E-state index in [4.69, 9.17) is 16.3 Å². The monoisotopic (exact) mass is 387 g/mol. The average molecular weight is 388 g/mol. The number of benzene rings is 1. The van der Waals surface area contributed by atoms with Crippen molar-refractivity contribution in [2.24, 2.45) is 7.05 Å². The van der Waals surface area contributed by atoms with Crippen LogP contribution >= 0.6 is 11.6 Å². The second-order valence-electron chi connectivity index (χ2n) is 6.09. The van der Waals surface area contributed by atoms with Gasteiger partial charge in [-0.1, -0.05) is 23.7 Å². The number of ether oxygens (including phenoxy) is 1. The number of nitrogens with zero attached hydrogens (tertiary/aromatic N) is 4. The molecule has 8 heteroatoms. The maximum atomic E-state index is 11.8. The van der Waals surface area contributed by atoms with E-state index in [0.717, 1.165) is 22.6 Å². The number of methoxy groups -OCH3 is 1. The number of hydrogen-bond donors (Lipinski definition) is 1. The molecule has 0 spiro atoms. The average Bonchev–Trinajstić information content (AvgIpc) is 3.26. The van der Waals surface area contributed by atoms with E-state index in [0.29, 0.717) is 31.1 Å². The van der Waals surface area contributed by atoms with Gasteiger partial charge in [-0.3, -0.25) is 9.48 Å². The van der Waals surface area contributed by atoms with Gasteiger partial charge in [0.2, 0.25) is 5.91 Å². The molecule has 1 amide bonds. The maximum Gasteiger partial charge on any atom is 0.222 e. The highest BCUT2D eigenvalue weighted by atomic mass is 35.5. The molecule has 0 aliphatic heterocycles. The number of rotatable bonds is 8. The summed E-state index contributed by atoms with van der Waals surface area (Å²) in [6, 6.07) is 7.63. The molecule has 7 nitrogen and oxygen atoms in total. The number of aromatic nitrogens is 4. The highest BCUT2D eigenvalue weighted by Crippen LogP contribution is 2.31. The summed E-state index contributed by atoms with van der Waals surface area (Å²) in [6.07, 6.45) is 5.81. The lowest BCUT2D eigenvalue weighted by molar-refractivity contribution is -0.121. The van der Waals surface area contributed by atoms with E-state index < -0.39 is 0 Å². The number of hydrogen-bond acceptors (Lipinski definition) is 4. The third kappa shape index (κ3) is 4.56. The fraction of sp³-hybridized carbons (Fsp3) is 0.316. The minimum Gasteiger partial charge on any atom is -0.384 e. The van der Waals surface area contributed by atoms with Crippen molar-refractivity contribution in [2.75, 3.05) is 20.3 Å². The van der Waals surface area contributed by atoms with Crippen molar-refractivity contribution in [2.45, 2.75) is 13.0 Å². The molecule has 0 fully saturated rings. The quantitative estimate of drug-likeness (QED) is 0.645. The van der Waals surface area contributed by atoms with Crippen LogP contribution in [0, 0.1) is 0 Å². The number of amides is 1. The van der Waals surface area contributed by atoms with Crippen LogP contribution in [0.25, 0.3) is 22.6 Å². The van der Waals surface area contributed by atoms with Gasteiger partial charge in [0.15, 0.2) is 5.82 Å². The van der Waals surface area contributed by atoms with Crippen LogP contribution in [0.5, 0.6) is 0 Å². The predicted octanol–water partition coefficient (Wildman–Crippen LogP) is 2.76. The third-order valence-corrected chi connectivity index (χ3v) is 4.46. The van der Waals surface area contributed by atoms with Gasteiger partial charge in [-0.05, 0) is 17.7 Å². The Morgan fingerprint density at radius 3 is 2.74 bits per heavy atom. The molecule has 1 N–H and O–H groups in total. The molecule has 3 aromatic rings. The summed E-state index contributed by atoms with van der Waals surface area (Å²) < 4.78 is 8.73. The van der Waals surface area contributed by atoms with Crippen molar-refractivity contribution < 1.29 is 9.53 Å². The molecule has 0 aliphatic carbocycles. The Morgan fingerprint density at radius 1 is 1.30 bits per heavy atom. The number of nitrogens with one attached hydrogen (secondary N) is 1. The van der Waals surface area contributed by atoms with Crippen molar-refractivity contribution in [3.8, 4) is 22.6 Å². The molecule has 0 radical (unpaired) electrons. The van der Waals surface area contributed by atoms with Crippen LogP contribution in [-0.4, -0.2) is 45.5 Å². The van der Waals surface area contributed by atoms with Crippen LogP contribution in [0.3, 0.4) is 0 Å². The molecule has 0 bridgehead atoms. The van der Waals surface area contributed by atoms with E-state index in [1.165, 1.54) is 0 Å². The Bertz CT molecular complexity index is 901. The zero-order valence-corrected chi connectivity index (χ0v) is 16.1. The lowest BCUT2D eigenvalue weighted by Crippen LogP contribution is -2.28. The molecule has 27 heavy (non-hydrogen) atoms. The summed E-state index contributed by atoms with van der Waals surface area (Å²) in [5.74, 6) is 0.767. The second kappa shape index (κ2) is 8.83. The fourth-order valence-electron chi connectivity index (χ4n) is 2.81. The molecule has 0 unspecified atom stereocenters. The van der Waals surface area contributed by atoms with Gasteiger partial charge < -0.3 is 14.6 Å². The van der Waals surface area contributed by atoms with Crippen molar-refractivity contribution in [3.63, 3.8) is 0 Å². The van der Waals surface area contributed by atoms with Crippen LogP contribution in [0.2, 0.25) is 5.02 Å². The first-order chi connectivity index (χ1) is 13.1. The summed E-state index contributed by atoms with van der Waals surface area (Å²) in [5.41, 5.74) is 2.87. The Balaban J connectivity index is 1.85. The third-order valence-electron chi connectivity index (χ3n) is 4.21. The van der Waals surface area contributed by atoms with Gasteiger partial charge in [0.05, 0.1) is 19.3 Å². The summed E-state index contributed by atoms with van der Waals surface area (Å²) >= 11 is 6.02. The fourth-order valence-corrected chi connectivity index (χ4v) is 2.94. The van der Waals surface area contributed by atoms with Gasteiger partial charge in [-0.25, -0.2) is 4.98 Å². The Kier molecular flexibility index (Phi) is 6.26. The Morgan fingerprint density at radius 2 is 2.07 bits per heavy atom. The lowest BCUT2D eigenvalue weighted by atomic mass is 10.1. The zero-order chi connectivity index (χ0) is 19.2. The molecule has 0 aliphatic rings. The molecule has 0 saturated heterocycles. The van der Waals surface area contributed by atoms with Gasteiger partial charge in [0, 0.05) is 50.1 Å². The first-order valence-electron chi connectivity index (χ1n) is 8.65. The predicted molar refractivity (Wildman–Crippen MR) is 104 cm³/mol. The first kappa shape index (κ1) is 19.1. The maximum absolute atomic E-state index is 11.8. The molecule has 3 rings (SSSR count). The highest BCUT2D eigenvalue weighted by molar-refractivity contribution is 6.30. The molecule has 0 saturated carbocycles. The number of aryl methyl sites for hydroxylation is 1. The van der Waals surface area contributed by atoms with E-state index in [-0.39, 0.29) is 5.91 Å². The molecule has 2 heterocycles. The minimum atomic E-state index is -0.0412. The molecular weight excluding hydrogens is 366 g/mol. The van der Waals surface area contributed by atoms with Gasteiger partial charge in [-0.2, -0.15) is 5.10 Å². The van der Waals surface area contributed by atoms with E-state index in [1.807, 2.05) is 53.0 Å². The number of carbonyl (C=O) groups is 1. The standard InChI is InChI=1S/C19H22ClN5O2/c1-24-10-8-22-19(24)18-16(14-3-5-15(20)6-4-14)13-23-25(18)11-9-21-17(26)7-12-27-2/h3-6,8,10,13H,7,9,11-12H2,1-2H3,(H,21,26). The van der Waals surface area contributed by atoms with Crippen LogP contribution in [-0.2, 0) is 23.1 Å². The SMILES string of the molecule is COCCC(=O)NCCn1ncc(-c2ccc(Cl)cc2)c1-c1nccn1C. The minimum absolute atomic E-state index is 0.0412. The number of imidazole rings is 1. The normalized spacial score (nSPS) is 10.9. The van der Waals surface area contributed by atoms with Crippen molar-refractivity contribution in [3.05, 3.63) is 47.9 Å². The van der Waals surface area contributed by atoms with E-state index in [9.17, 15) is 4.79 Å². The van der Waals surface area contributed by atoms with E-state index in [1.54, 1.807) is 13.3 Å². The summed E-state index contributed by atoms with van der Waals surface area (Å²) in [4.78, 5) is 16.2. The van der Waals surface area contributed by atoms with Crippen molar-refractivity contribution >= 4 is 17.5 Å². The number of carbonyl (C=O) groups excluding carboxylic acids is 1. The molecular formula is C19H22ClN5O2. The van der Waals surface area contributed by atoms with Crippen LogP contribution in [0.4, 0.5) is 0 Å². The van der Waals surface area contributed by atoms with Crippen LogP contribution in [0.1, 0.15) is 6.42 Å². The first-order valence-corrected chi connectivity index (χ1v) is 9.03. The van der Waals surface area contributed by atoms with E-state index >= 15 is 0 Å². The lowest BCUT2D eigenvalue weighted by Gasteiger charge is -2.11. The Labute approximate surface area is 162 Å². The summed E-state index contributed by atoms with van der Waals surface area (Å²) in [6.45, 7) is 1.42. The van der Waals surface area contributed by atoms with Crippen LogP contribution < -0.4 is 5.32 Å². The van der Waals surface area contributed by atoms with Gasteiger partial charge in [-0.15, -0.1) is 0 Å². The van der Waals surface area contributed by atoms with Gasteiger partial charge in [0.25, 0.3) is 0 Å². The Hall–Kier alpha value is -2.64. The highest BCUT2D eigenvalue weighted by Gasteiger charge is 2.18. The molecule has 0 atom stereocenters. The molecule has 1 aromatic carbocycles. The zero-order valence-electron chi connectivity index (χ0n) is 15.4. The summed E-state index contributed by atoms with van der Waals surface area (Å²) in [5, 5.41) is 8.09. The van der Waals surface area contributed by atoms with Gasteiger partial charge >= 0.3 is 0 Å². The van der Waals surface area contributed by atoms with Gasteiger partial charge in [0.1, 0.15) is 5.69 Å². The number of halogens is 1. The van der Waals surface area contributed by atoms with Crippen molar-refractivity contribution in [1.29, 1.82) is 0 Å². The van der Waals surface area contributed by atoms with Crippen LogP contribution in [0.15, 0.2) is 42.9 Å². The largest absolute Gasteiger partial charge is 0.384 e.